The lowest BCUT2D eigenvalue weighted by Gasteiger charge is -2.02. The number of H-pyrrole nitrogens is 1. The van der Waals surface area contributed by atoms with Crippen LogP contribution in [-0.4, -0.2) is 29.7 Å². The number of aromatic nitrogens is 2. The molecule has 0 fully saturated rings. The van der Waals surface area contributed by atoms with Gasteiger partial charge in [0.1, 0.15) is 0 Å². The third kappa shape index (κ3) is 2.20. The maximum atomic E-state index is 11.8. The van der Waals surface area contributed by atoms with Crippen LogP contribution >= 0.6 is 11.8 Å². The topological polar surface area (TPSA) is 71.9 Å². The first kappa shape index (κ1) is 11.8. The van der Waals surface area contributed by atoms with Crippen LogP contribution in [0.5, 0.6) is 0 Å². The molecule has 0 aromatic carbocycles. The van der Waals surface area contributed by atoms with Gasteiger partial charge in [0, 0.05) is 17.3 Å². The molecule has 7 heteroatoms. The van der Waals surface area contributed by atoms with Crippen LogP contribution < -0.4 is 5.56 Å². The number of thioether (sulfide) groups is 1. The summed E-state index contributed by atoms with van der Waals surface area (Å²) in [4.78, 5) is 11.8. The molecular weight excluding hydrogens is 248 g/mol. The minimum atomic E-state index is -3.01. The van der Waals surface area contributed by atoms with Gasteiger partial charge in [-0.15, -0.1) is 0 Å². The highest BCUT2D eigenvalue weighted by Gasteiger charge is 2.20. The average molecular weight is 262 g/mol. The third-order valence-electron chi connectivity index (χ3n) is 2.70. The summed E-state index contributed by atoms with van der Waals surface area (Å²) < 4.78 is 24.1. The molecule has 1 aromatic heterocycles. The Morgan fingerprint density at radius 2 is 2.19 bits per heavy atom. The average Bonchev–Trinajstić information content (AvgIpc) is 2.80. The lowest BCUT2D eigenvalue weighted by molar-refractivity contribution is 0.576. The summed E-state index contributed by atoms with van der Waals surface area (Å²) in [6.07, 6.45) is 0. The van der Waals surface area contributed by atoms with Crippen LogP contribution in [0.3, 0.4) is 0 Å². The smallest absolute Gasteiger partial charge is 0.270 e. The molecule has 1 aliphatic rings. The van der Waals surface area contributed by atoms with E-state index in [1.807, 2.05) is 0 Å². The van der Waals surface area contributed by atoms with Gasteiger partial charge in [-0.1, -0.05) is 6.92 Å². The second kappa shape index (κ2) is 4.29. The Bertz CT molecular complexity index is 542. The Morgan fingerprint density at radius 3 is 2.81 bits per heavy atom. The fourth-order valence-corrected chi connectivity index (χ4v) is 3.42. The lowest BCUT2D eigenvalue weighted by Crippen LogP contribution is -2.24. The first-order valence-corrected chi connectivity index (χ1v) is 8.10. The van der Waals surface area contributed by atoms with Gasteiger partial charge in [0.15, 0.2) is 9.84 Å². The number of aromatic amines is 1. The lowest BCUT2D eigenvalue weighted by atomic mass is 10.3. The zero-order valence-electron chi connectivity index (χ0n) is 9.02. The number of nitrogens with one attached hydrogen (secondary N) is 1. The molecule has 0 unspecified atom stereocenters. The van der Waals surface area contributed by atoms with Crippen molar-refractivity contribution in [3.63, 3.8) is 0 Å². The molecule has 1 aliphatic heterocycles. The van der Waals surface area contributed by atoms with Crippen molar-refractivity contribution in [2.45, 2.75) is 25.0 Å². The number of aryl methyl sites for hydroxylation is 1. The predicted molar refractivity (Wildman–Crippen MR) is 64.4 cm³/mol. The number of fused-ring (bicyclic) bond motifs is 1. The van der Waals surface area contributed by atoms with Crippen LogP contribution in [0.25, 0.3) is 0 Å². The summed E-state index contributed by atoms with van der Waals surface area (Å²) in [5.41, 5.74) is 1.69. The molecule has 16 heavy (non-hydrogen) atoms. The van der Waals surface area contributed by atoms with E-state index in [0.717, 1.165) is 22.8 Å². The molecule has 0 radical (unpaired) electrons. The van der Waals surface area contributed by atoms with Crippen molar-refractivity contribution >= 4 is 21.6 Å². The van der Waals surface area contributed by atoms with E-state index in [9.17, 15) is 13.2 Å². The number of sulfone groups is 1. The van der Waals surface area contributed by atoms with E-state index in [2.05, 4.69) is 5.10 Å². The molecule has 90 valence electrons. The molecule has 2 heterocycles. The molecule has 5 nitrogen and oxygen atoms in total. The van der Waals surface area contributed by atoms with Gasteiger partial charge in [-0.05, 0) is 0 Å². The largest absolute Gasteiger partial charge is 0.299 e. The van der Waals surface area contributed by atoms with E-state index < -0.39 is 9.84 Å². The molecule has 2 rings (SSSR count). The van der Waals surface area contributed by atoms with Crippen molar-refractivity contribution in [2.24, 2.45) is 0 Å². The second-order valence-electron chi connectivity index (χ2n) is 3.75. The Morgan fingerprint density at radius 1 is 1.44 bits per heavy atom. The van der Waals surface area contributed by atoms with E-state index in [1.54, 1.807) is 18.7 Å². The fraction of sp³-hybridized carbons (Fsp3) is 0.667. The summed E-state index contributed by atoms with van der Waals surface area (Å²) >= 11 is 1.70. The Hall–Kier alpha value is -0.690. The summed E-state index contributed by atoms with van der Waals surface area (Å²) in [5, 5.41) is 2.98. The standard InChI is InChI=1S/C9H14N2O3S2/c1-2-16(13,14)4-3-11-9(12)7-5-15-6-8(7)10-11/h10H,2-6H2,1H3. The molecule has 0 saturated heterocycles. The Kier molecular flexibility index (Phi) is 3.16. The molecule has 0 amide bonds. The van der Waals surface area contributed by atoms with Gasteiger partial charge in [-0.2, -0.15) is 11.8 Å². The van der Waals surface area contributed by atoms with Crippen molar-refractivity contribution in [3.05, 3.63) is 21.6 Å². The van der Waals surface area contributed by atoms with Crippen LogP contribution in [0.1, 0.15) is 18.2 Å². The monoisotopic (exact) mass is 262 g/mol. The van der Waals surface area contributed by atoms with E-state index in [4.69, 9.17) is 0 Å². The summed E-state index contributed by atoms with van der Waals surface area (Å²) in [5.74, 6) is 1.70. The summed E-state index contributed by atoms with van der Waals surface area (Å²) in [7, 11) is -3.01. The minimum absolute atomic E-state index is 0.0238. The molecule has 0 spiro atoms. The van der Waals surface area contributed by atoms with Gasteiger partial charge < -0.3 is 0 Å². The first-order valence-electron chi connectivity index (χ1n) is 5.12. The highest BCUT2D eigenvalue weighted by molar-refractivity contribution is 7.98. The van der Waals surface area contributed by atoms with Crippen LogP contribution in [0.2, 0.25) is 0 Å². The van der Waals surface area contributed by atoms with Gasteiger partial charge in [0.2, 0.25) is 0 Å². The molecule has 0 aliphatic carbocycles. The van der Waals surface area contributed by atoms with Crippen molar-refractivity contribution < 1.29 is 8.42 Å². The van der Waals surface area contributed by atoms with Gasteiger partial charge in [-0.3, -0.25) is 14.6 Å². The van der Waals surface area contributed by atoms with Gasteiger partial charge in [-0.25, -0.2) is 8.42 Å². The molecule has 1 aromatic rings. The second-order valence-corrected chi connectivity index (χ2v) is 7.21. The highest BCUT2D eigenvalue weighted by Crippen LogP contribution is 2.25. The first-order chi connectivity index (χ1) is 7.53. The van der Waals surface area contributed by atoms with Crippen molar-refractivity contribution in [1.29, 1.82) is 0 Å². The van der Waals surface area contributed by atoms with E-state index in [1.165, 1.54) is 4.68 Å². The zero-order chi connectivity index (χ0) is 11.8. The van der Waals surface area contributed by atoms with Gasteiger partial charge >= 0.3 is 0 Å². The molecular formula is C9H14N2O3S2. The number of nitrogens with zero attached hydrogens (tertiary/aromatic N) is 1. The number of hydrogen-bond acceptors (Lipinski definition) is 4. The SMILES string of the molecule is CCS(=O)(=O)CCn1[nH]c2c(c1=O)CSC2. The quantitative estimate of drug-likeness (QED) is 0.850. The van der Waals surface area contributed by atoms with Crippen LogP contribution in [0, 0.1) is 0 Å². The molecule has 1 N–H and O–H groups in total. The number of rotatable bonds is 4. The number of hydrogen-bond donors (Lipinski definition) is 1. The molecule has 0 atom stereocenters. The predicted octanol–water partition coefficient (Wildman–Crippen LogP) is 0.358. The highest BCUT2D eigenvalue weighted by atomic mass is 32.2. The van der Waals surface area contributed by atoms with E-state index >= 15 is 0 Å². The fourth-order valence-electron chi connectivity index (χ4n) is 1.63. The van der Waals surface area contributed by atoms with Crippen LogP contribution in [0.15, 0.2) is 4.79 Å². The Labute approximate surface area is 98.1 Å². The maximum Gasteiger partial charge on any atom is 0.270 e. The zero-order valence-corrected chi connectivity index (χ0v) is 10.7. The third-order valence-corrected chi connectivity index (χ3v) is 5.37. The van der Waals surface area contributed by atoms with E-state index in [-0.39, 0.29) is 23.6 Å². The van der Waals surface area contributed by atoms with Gasteiger partial charge in [0.05, 0.1) is 23.6 Å². The van der Waals surface area contributed by atoms with Crippen LogP contribution in [-0.2, 0) is 27.9 Å². The summed E-state index contributed by atoms with van der Waals surface area (Å²) in [6.45, 7) is 1.84. The van der Waals surface area contributed by atoms with Crippen molar-refractivity contribution in [1.82, 2.24) is 9.78 Å². The van der Waals surface area contributed by atoms with Crippen LogP contribution in [0.4, 0.5) is 0 Å². The van der Waals surface area contributed by atoms with Crippen molar-refractivity contribution in [3.8, 4) is 0 Å². The minimum Gasteiger partial charge on any atom is -0.299 e. The maximum absolute atomic E-state index is 11.8. The van der Waals surface area contributed by atoms with Gasteiger partial charge in [0.25, 0.3) is 5.56 Å². The molecule has 0 bridgehead atoms. The normalized spacial score (nSPS) is 15.3. The van der Waals surface area contributed by atoms with E-state index in [0.29, 0.717) is 0 Å². The molecule has 0 saturated carbocycles. The Balaban J connectivity index is 2.15. The van der Waals surface area contributed by atoms with Crippen molar-refractivity contribution in [2.75, 3.05) is 11.5 Å². The summed E-state index contributed by atoms with van der Waals surface area (Å²) in [6, 6.07) is 0.